The van der Waals surface area contributed by atoms with Gasteiger partial charge < -0.3 is 4.90 Å². The quantitative estimate of drug-likeness (QED) is 0.780. The van der Waals surface area contributed by atoms with Crippen molar-refractivity contribution < 1.29 is 4.79 Å². The van der Waals surface area contributed by atoms with E-state index < -0.39 is 0 Å². The molecular formula is C15H20BrNO. The molecule has 0 aliphatic carbocycles. The molecule has 98 valence electrons. The van der Waals surface area contributed by atoms with Gasteiger partial charge in [-0.2, -0.15) is 0 Å². The average Bonchev–Trinajstić information content (AvgIpc) is 2.56. The molecule has 18 heavy (non-hydrogen) atoms. The highest BCUT2D eigenvalue weighted by Gasteiger charge is 2.46. The highest BCUT2D eigenvalue weighted by atomic mass is 79.9. The van der Waals surface area contributed by atoms with Gasteiger partial charge in [-0.3, -0.25) is 4.79 Å². The minimum atomic E-state index is -0.220. The van der Waals surface area contributed by atoms with Gasteiger partial charge in [0.25, 0.3) is 0 Å². The minimum absolute atomic E-state index is 0.220. The lowest BCUT2D eigenvalue weighted by Crippen LogP contribution is -2.31. The molecule has 1 aromatic carbocycles. The minimum Gasteiger partial charge on any atom is -0.338 e. The Morgan fingerprint density at radius 2 is 2.00 bits per heavy atom. The van der Waals surface area contributed by atoms with Crippen molar-refractivity contribution >= 4 is 21.8 Å². The average molecular weight is 310 g/mol. The first kappa shape index (κ1) is 13.6. The fraction of sp³-hybridized carbons (Fsp3) is 0.533. The standard InChI is InChI=1S/C15H20BrNO/c1-15(2)13(8-9-16)11-17(14(15)18)10-12-6-4-3-5-7-12/h3-7,13H,8-11H2,1-2H3. The van der Waals surface area contributed by atoms with Crippen molar-refractivity contribution in [2.24, 2.45) is 11.3 Å². The molecule has 0 radical (unpaired) electrons. The topological polar surface area (TPSA) is 20.3 Å². The Morgan fingerprint density at radius 3 is 2.61 bits per heavy atom. The zero-order valence-electron chi connectivity index (χ0n) is 11.0. The summed E-state index contributed by atoms with van der Waals surface area (Å²) in [4.78, 5) is 14.4. The maximum atomic E-state index is 12.4. The van der Waals surface area contributed by atoms with E-state index in [-0.39, 0.29) is 11.3 Å². The van der Waals surface area contributed by atoms with Crippen LogP contribution in [0.2, 0.25) is 0 Å². The molecule has 1 amide bonds. The fourth-order valence-corrected chi connectivity index (χ4v) is 3.24. The number of alkyl halides is 1. The molecule has 1 unspecified atom stereocenters. The molecule has 2 rings (SSSR count). The maximum absolute atomic E-state index is 12.4. The monoisotopic (exact) mass is 309 g/mol. The van der Waals surface area contributed by atoms with Crippen molar-refractivity contribution in [1.29, 1.82) is 0 Å². The summed E-state index contributed by atoms with van der Waals surface area (Å²) in [6, 6.07) is 10.2. The van der Waals surface area contributed by atoms with Crippen molar-refractivity contribution in [3.8, 4) is 0 Å². The van der Waals surface area contributed by atoms with Crippen molar-refractivity contribution in [1.82, 2.24) is 4.90 Å². The summed E-state index contributed by atoms with van der Waals surface area (Å²) < 4.78 is 0. The van der Waals surface area contributed by atoms with Crippen LogP contribution >= 0.6 is 15.9 Å². The molecule has 0 bridgehead atoms. The molecule has 1 heterocycles. The third kappa shape index (κ3) is 2.61. The van der Waals surface area contributed by atoms with Crippen LogP contribution in [-0.4, -0.2) is 22.7 Å². The Labute approximate surface area is 117 Å². The van der Waals surface area contributed by atoms with Gasteiger partial charge in [-0.25, -0.2) is 0 Å². The molecule has 0 N–H and O–H groups in total. The number of carbonyl (C=O) groups is 1. The van der Waals surface area contributed by atoms with Gasteiger partial charge in [-0.15, -0.1) is 0 Å². The van der Waals surface area contributed by atoms with E-state index in [1.54, 1.807) is 0 Å². The van der Waals surface area contributed by atoms with Gasteiger partial charge >= 0.3 is 0 Å². The largest absolute Gasteiger partial charge is 0.338 e. The number of hydrogen-bond acceptors (Lipinski definition) is 1. The van der Waals surface area contributed by atoms with Crippen LogP contribution in [-0.2, 0) is 11.3 Å². The first-order valence-corrected chi connectivity index (χ1v) is 7.57. The second-order valence-corrected chi connectivity index (χ2v) is 6.36. The van der Waals surface area contributed by atoms with E-state index in [2.05, 4.69) is 41.9 Å². The van der Waals surface area contributed by atoms with E-state index in [4.69, 9.17) is 0 Å². The Morgan fingerprint density at radius 1 is 1.33 bits per heavy atom. The van der Waals surface area contributed by atoms with Gasteiger partial charge in [0, 0.05) is 23.8 Å². The van der Waals surface area contributed by atoms with Crippen LogP contribution in [0.15, 0.2) is 30.3 Å². The zero-order valence-corrected chi connectivity index (χ0v) is 12.6. The summed E-state index contributed by atoms with van der Waals surface area (Å²) in [6.45, 7) is 5.77. The highest BCUT2D eigenvalue weighted by molar-refractivity contribution is 9.09. The number of hydrogen-bond donors (Lipinski definition) is 0. The number of amides is 1. The van der Waals surface area contributed by atoms with Crippen LogP contribution in [0.3, 0.4) is 0 Å². The second-order valence-electron chi connectivity index (χ2n) is 5.57. The van der Waals surface area contributed by atoms with E-state index in [0.717, 1.165) is 24.8 Å². The summed E-state index contributed by atoms with van der Waals surface area (Å²) in [5, 5.41) is 0.966. The van der Waals surface area contributed by atoms with Gasteiger partial charge in [-0.1, -0.05) is 60.1 Å². The first-order chi connectivity index (χ1) is 8.55. The summed E-state index contributed by atoms with van der Waals surface area (Å²) in [5.74, 6) is 0.741. The number of rotatable bonds is 4. The molecule has 1 fully saturated rings. The Balaban J connectivity index is 2.10. The van der Waals surface area contributed by atoms with E-state index in [1.807, 2.05) is 23.1 Å². The van der Waals surface area contributed by atoms with Crippen LogP contribution in [0.25, 0.3) is 0 Å². The number of carbonyl (C=O) groups excluding carboxylic acids is 1. The second kappa shape index (κ2) is 5.43. The Bertz CT molecular complexity index is 416. The summed E-state index contributed by atoms with van der Waals surface area (Å²) >= 11 is 3.49. The van der Waals surface area contributed by atoms with Crippen LogP contribution in [0, 0.1) is 11.3 Å². The summed E-state index contributed by atoms with van der Waals surface area (Å²) in [6.07, 6.45) is 1.06. The predicted octanol–water partition coefficient (Wildman–Crippen LogP) is 3.46. The highest BCUT2D eigenvalue weighted by Crippen LogP contribution is 2.39. The predicted molar refractivity (Wildman–Crippen MR) is 77.5 cm³/mol. The van der Waals surface area contributed by atoms with Crippen LogP contribution in [0.1, 0.15) is 25.8 Å². The number of nitrogens with zero attached hydrogens (tertiary/aromatic N) is 1. The van der Waals surface area contributed by atoms with Crippen molar-refractivity contribution in [3.05, 3.63) is 35.9 Å². The van der Waals surface area contributed by atoms with E-state index in [1.165, 1.54) is 5.56 Å². The van der Waals surface area contributed by atoms with Crippen LogP contribution in [0.5, 0.6) is 0 Å². The normalized spacial score (nSPS) is 22.5. The van der Waals surface area contributed by atoms with Crippen molar-refractivity contribution in [2.45, 2.75) is 26.8 Å². The lowest BCUT2D eigenvalue weighted by Gasteiger charge is -2.22. The summed E-state index contributed by atoms with van der Waals surface area (Å²) in [7, 11) is 0. The zero-order chi connectivity index (χ0) is 13.2. The fourth-order valence-electron chi connectivity index (χ4n) is 2.68. The third-order valence-electron chi connectivity index (χ3n) is 3.97. The molecule has 0 spiro atoms. The number of halogens is 1. The lowest BCUT2D eigenvalue weighted by molar-refractivity contribution is -0.135. The SMILES string of the molecule is CC1(C)C(=O)N(Cc2ccccc2)CC1CCBr. The summed E-state index contributed by atoms with van der Waals surface area (Å²) in [5.41, 5.74) is 0.990. The van der Waals surface area contributed by atoms with Crippen LogP contribution in [0.4, 0.5) is 0 Å². The molecule has 3 heteroatoms. The van der Waals surface area contributed by atoms with Gasteiger partial charge in [0.1, 0.15) is 0 Å². The number of likely N-dealkylation sites (tertiary alicyclic amines) is 1. The number of benzene rings is 1. The molecule has 2 nitrogen and oxygen atoms in total. The third-order valence-corrected chi connectivity index (χ3v) is 4.43. The maximum Gasteiger partial charge on any atom is 0.228 e. The molecule has 1 aromatic rings. The van der Waals surface area contributed by atoms with Crippen LogP contribution < -0.4 is 0 Å². The van der Waals surface area contributed by atoms with E-state index in [9.17, 15) is 4.79 Å². The Hall–Kier alpha value is -0.830. The van der Waals surface area contributed by atoms with Crippen molar-refractivity contribution in [2.75, 3.05) is 11.9 Å². The smallest absolute Gasteiger partial charge is 0.228 e. The van der Waals surface area contributed by atoms with Gasteiger partial charge in [0.2, 0.25) is 5.91 Å². The Kier molecular flexibility index (Phi) is 4.10. The molecule has 1 aliphatic rings. The van der Waals surface area contributed by atoms with Gasteiger partial charge in [0.15, 0.2) is 0 Å². The van der Waals surface area contributed by atoms with Gasteiger partial charge in [-0.05, 0) is 17.9 Å². The first-order valence-electron chi connectivity index (χ1n) is 6.45. The molecular weight excluding hydrogens is 290 g/mol. The van der Waals surface area contributed by atoms with E-state index in [0.29, 0.717) is 5.92 Å². The van der Waals surface area contributed by atoms with E-state index >= 15 is 0 Å². The lowest BCUT2D eigenvalue weighted by atomic mass is 9.80. The molecule has 1 aliphatic heterocycles. The molecule has 0 aromatic heterocycles. The molecule has 1 atom stereocenters. The van der Waals surface area contributed by atoms with Crippen molar-refractivity contribution in [3.63, 3.8) is 0 Å². The molecule has 0 saturated carbocycles. The molecule has 1 saturated heterocycles. The van der Waals surface area contributed by atoms with Gasteiger partial charge in [0.05, 0.1) is 0 Å².